The van der Waals surface area contributed by atoms with E-state index in [1.807, 2.05) is 42.5 Å². The van der Waals surface area contributed by atoms with E-state index in [-0.39, 0.29) is 55.6 Å². The lowest BCUT2D eigenvalue weighted by molar-refractivity contribution is -0.170. The Morgan fingerprint density at radius 3 is 2.52 bits per heavy atom. The van der Waals surface area contributed by atoms with Gasteiger partial charge in [-0.05, 0) is 111 Å². The van der Waals surface area contributed by atoms with Gasteiger partial charge in [-0.3, -0.25) is 9.59 Å². The van der Waals surface area contributed by atoms with Crippen molar-refractivity contribution >= 4 is 23.4 Å². The predicted octanol–water partition coefficient (Wildman–Crippen LogP) is 5.33. The number of rotatable bonds is 7. The molecule has 58 heavy (non-hydrogen) atoms. The topological polar surface area (TPSA) is 175 Å². The maximum absolute atomic E-state index is 14.7. The highest BCUT2D eigenvalue weighted by atomic mass is 16.6. The summed E-state index contributed by atoms with van der Waals surface area (Å²) >= 11 is 0. The summed E-state index contributed by atoms with van der Waals surface area (Å²) in [4.78, 5) is 41.0. The Bertz CT molecular complexity index is 2150. The van der Waals surface area contributed by atoms with E-state index < -0.39 is 53.6 Å². The molecule has 3 aromatic rings. The van der Waals surface area contributed by atoms with Crippen LogP contribution >= 0.6 is 0 Å². The van der Waals surface area contributed by atoms with E-state index in [2.05, 4.69) is 28.5 Å². The average Bonchev–Trinajstić information content (AvgIpc) is 3.19. The van der Waals surface area contributed by atoms with Gasteiger partial charge in [0.15, 0.2) is 0 Å². The zero-order valence-electron chi connectivity index (χ0n) is 33.4. The van der Waals surface area contributed by atoms with Gasteiger partial charge in [-0.15, -0.1) is 0 Å². The quantitative estimate of drug-likeness (QED) is 0.104. The van der Waals surface area contributed by atoms with Crippen molar-refractivity contribution in [3.05, 3.63) is 99.6 Å². The van der Waals surface area contributed by atoms with Crippen LogP contribution in [-0.2, 0) is 38.4 Å². The number of hydrogen-bond acceptors (Lipinski definition) is 11. The Balaban J connectivity index is 1.40. The summed E-state index contributed by atoms with van der Waals surface area (Å²) in [6, 6.07) is 16.9. The van der Waals surface area contributed by atoms with Crippen LogP contribution in [0, 0.1) is 23.7 Å². The van der Waals surface area contributed by atoms with E-state index >= 15 is 0 Å². The molecule has 4 aliphatic rings. The molecule has 0 amide bonds. The monoisotopic (exact) mass is 790 g/mol. The Morgan fingerprint density at radius 1 is 0.931 bits per heavy atom. The summed E-state index contributed by atoms with van der Waals surface area (Å²) in [7, 11) is 1.75. The smallest absolute Gasteiger partial charge is 0.334 e. The van der Waals surface area contributed by atoms with Crippen molar-refractivity contribution in [3.63, 3.8) is 0 Å². The van der Waals surface area contributed by atoms with Gasteiger partial charge in [0.05, 0.1) is 24.5 Å². The highest BCUT2D eigenvalue weighted by Crippen LogP contribution is 2.43. The van der Waals surface area contributed by atoms with Gasteiger partial charge in [0, 0.05) is 60.7 Å². The van der Waals surface area contributed by atoms with Gasteiger partial charge in [-0.1, -0.05) is 48.2 Å². The number of fused-ring (bicyclic) bond motifs is 8. The summed E-state index contributed by atoms with van der Waals surface area (Å²) in [5, 5.41) is 51.5. The van der Waals surface area contributed by atoms with E-state index in [0.717, 1.165) is 11.1 Å². The standard InChI is InChI=1S/C47H54N2O9/c1-27(50)25-49-38-19-33(17-35(20-38)42(53)26-48-3)30-10-11-31-23-45(54)57-43-24-41(52)36(21-39(31)43)22-44-47(2,56)37-12-13-40(51)34(18-37)15-29-8-4-6-28(14-29)7-5-9-32(16-30)46(55)58-44/h4,6,8-9,14,17,19-21,24,27,30-31,34,37,42,44,48-50,52-53,56H,5,7,12-13,15-16,18,22-23,25-26H2,1-3H3. The molecule has 1 aliphatic carbocycles. The number of Topliss-reactive ketones (excluding diaryl/α,β-unsaturated/α-hetero) is 1. The summed E-state index contributed by atoms with van der Waals surface area (Å²) in [5.41, 5.74) is 3.82. The number of esters is 2. The molecule has 3 aromatic carbocycles. The minimum absolute atomic E-state index is 0.0329. The molecule has 11 nitrogen and oxygen atoms in total. The van der Waals surface area contributed by atoms with Crippen LogP contribution in [0.25, 0.3) is 0 Å². The first-order valence-corrected chi connectivity index (χ1v) is 20.5. The van der Waals surface area contributed by atoms with Crippen LogP contribution in [0.4, 0.5) is 5.69 Å². The number of phenols is 1. The van der Waals surface area contributed by atoms with Crippen LogP contribution < -0.4 is 15.4 Å². The molecule has 3 heterocycles. The summed E-state index contributed by atoms with van der Waals surface area (Å²) in [6.45, 7) is 3.88. The lowest BCUT2D eigenvalue weighted by Gasteiger charge is -2.42. The fraction of sp³-hybridized carbons (Fsp3) is 0.468. The molecule has 0 spiro atoms. The van der Waals surface area contributed by atoms with Crippen molar-refractivity contribution in [2.24, 2.45) is 11.8 Å². The number of ether oxygens (including phenoxy) is 2. The fourth-order valence-corrected chi connectivity index (χ4v) is 8.89. The maximum Gasteiger partial charge on any atom is 0.334 e. The number of aliphatic hydroxyl groups is 3. The third kappa shape index (κ3) is 9.32. The number of hydrogen-bond donors (Lipinski definition) is 6. The van der Waals surface area contributed by atoms with Gasteiger partial charge in [-0.25, -0.2) is 4.79 Å². The van der Waals surface area contributed by atoms with Crippen molar-refractivity contribution in [3.8, 4) is 23.3 Å². The molecular formula is C47H54N2O9. The second-order valence-corrected chi connectivity index (χ2v) is 16.7. The predicted molar refractivity (Wildman–Crippen MR) is 218 cm³/mol. The minimum Gasteiger partial charge on any atom is -0.508 e. The maximum atomic E-state index is 14.7. The van der Waals surface area contributed by atoms with E-state index in [1.165, 1.54) is 6.07 Å². The Labute approximate surface area is 339 Å². The van der Waals surface area contributed by atoms with Crippen LogP contribution in [-0.4, -0.2) is 76.1 Å². The first-order valence-electron chi connectivity index (χ1n) is 20.5. The zero-order chi connectivity index (χ0) is 41.1. The molecule has 11 heteroatoms. The van der Waals surface area contributed by atoms with Crippen molar-refractivity contribution in [1.82, 2.24) is 5.32 Å². The Kier molecular flexibility index (Phi) is 12.4. The number of likely N-dealkylation sites (N-methyl/N-ethyl adjacent to an activating group) is 1. The first-order chi connectivity index (χ1) is 27.8. The molecule has 7 rings (SSSR count). The van der Waals surface area contributed by atoms with Crippen LogP contribution in [0.1, 0.15) is 104 Å². The first kappa shape index (κ1) is 41.2. The fourth-order valence-electron chi connectivity index (χ4n) is 8.89. The number of benzene rings is 3. The van der Waals surface area contributed by atoms with Crippen LogP contribution in [0.2, 0.25) is 0 Å². The molecule has 8 unspecified atom stereocenters. The molecule has 0 aromatic heterocycles. The number of phenolic OH excluding ortho intramolecular Hbond substituents is 1. The van der Waals surface area contributed by atoms with Gasteiger partial charge in [-0.2, -0.15) is 0 Å². The third-order valence-electron chi connectivity index (χ3n) is 12.3. The summed E-state index contributed by atoms with van der Waals surface area (Å²) in [5.74, 6) is 3.87. The van der Waals surface area contributed by atoms with Gasteiger partial charge in [0.1, 0.15) is 29.0 Å². The van der Waals surface area contributed by atoms with Gasteiger partial charge >= 0.3 is 11.9 Å². The van der Waals surface area contributed by atoms with Crippen LogP contribution in [0.3, 0.4) is 0 Å². The number of ketones is 1. The number of aromatic hydroxyl groups is 1. The van der Waals surface area contributed by atoms with Gasteiger partial charge in [0.25, 0.3) is 0 Å². The van der Waals surface area contributed by atoms with Crippen molar-refractivity contribution in [1.29, 1.82) is 0 Å². The Hall–Kier alpha value is -4.99. The van der Waals surface area contributed by atoms with Crippen LogP contribution in [0.5, 0.6) is 11.5 Å². The molecule has 6 N–H and O–H groups in total. The lowest BCUT2D eigenvalue weighted by atomic mass is 9.68. The van der Waals surface area contributed by atoms with E-state index in [9.17, 15) is 34.8 Å². The number of carbonyl (C=O) groups is 3. The number of anilines is 1. The number of allylic oxidation sites excluding steroid dienone is 1. The summed E-state index contributed by atoms with van der Waals surface area (Å²) < 4.78 is 12.0. The molecule has 306 valence electrons. The molecule has 8 bridgehead atoms. The molecule has 1 saturated carbocycles. The van der Waals surface area contributed by atoms with Crippen LogP contribution in [0.15, 0.2) is 66.2 Å². The van der Waals surface area contributed by atoms with Crippen molar-refractivity contribution in [2.75, 3.05) is 25.5 Å². The molecule has 0 saturated heterocycles. The molecule has 1 fully saturated rings. The van der Waals surface area contributed by atoms with Crippen molar-refractivity contribution in [2.45, 2.75) is 107 Å². The molecular weight excluding hydrogens is 737 g/mol. The summed E-state index contributed by atoms with van der Waals surface area (Å²) in [6.07, 6.45) is 2.05. The highest BCUT2D eigenvalue weighted by Gasteiger charge is 2.46. The lowest BCUT2D eigenvalue weighted by Crippen LogP contribution is -2.52. The van der Waals surface area contributed by atoms with E-state index in [1.54, 1.807) is 27.0 Å². The molecule has 3 aliphatic heterocycles. The zero-order valence-corrected chi connectivity index (χ0v) is 33.4. The molecule has 0 radical (unpaired) electrons. The minimum atomic E-state index is -1.60. The highest BCUT2D eigenvalue weighted by molar-refractivity contribution is 5.89. The van der Waals surface area contributed by atoms with E-state index in [0.29, 0.717) is 72.0 Å². The number of aryl methyl sites for hydroxylation is 1. The van der Waals surface area contributed by atoms with Gasteiger partial charge in [0.2, 0.25) is 0 Å². The Morgan fingerprint density at radius 2 is 1.72 bits per heavy atom. The third-order valence-corrected chi connectivity index (χ3v) is 12.3. The average molecular weight is 791 g/mol. The number of carbonyl (C=O) groups excluding carboxylic acids is 3. The largest absolute Gasteiger partial charge is 0.508 e. The molecule has 8 atom stereocenters. The normalized spacial score (nSPS) is 27.0. The van der Waals surface area contributed by atoms with Crippen molar-refractivity contribution < 1.29 is 44.3 Å². The number of nitrogens with one attached hydrogen (secondary N) is 2. The second-order valence-electron chi connectivity index (χ2n) is 16.7. The SMILES string of the molecule is CNCC(O)c1cc(NCC(C)O)cc(C2C#CC3CC(=O)Oc4cc(O)c(cc43)CC3OC(=O)C(=CCCc4cccc(c4)CC4CC(CCC4=O)C3(C)O)C2)c1. The second kappa shape index (κ2) is 17.5. The van der Waals surface area contributed by atoms with Gasteiger partial charge < -0.3 is 40.5 Å². The number of aliphatic hydroxyl groups excluding tert-OH is 2. The van der Waals surface area contributed by atoms with E-state index in [4.69, 9.17) is 9.47 Å².